The number of carbonyl (C=O) groups excluding carboxylic acids is 1. The molecule has 154 valence electrons. The highest BCUT2D eigenvalue weighted by Gasteiger charge is 2.79. The highest BCUT2D eigenvalue weighted by atomic mass is 19.4. The Morgan fingerprint density at radius 2 is 1.33 bits per heavy atom. The number of para-hydroxylation sites is 1. The number of benzene rings is 1. The Balaban J connectivity index is 3.32. The number of amides is 1. The number of nitrogens with one attached hydrogen (secondary N) is 1. The van der Waals surface area contributed by atoms with Gasteiger partial charge in [0.15, 0.2) is 0 Å². The third-order valence-corrected chi connectivity index (χ3v) is 3.04. The SMILES string of the molecule is Cc1ccccc1NC(=O)[C@](F)(OC(F)(F)C(F)(F)C(F)(F)F)C(F)(F)F. The number of ether oxygens (including phenoxy) is 1. The van der Waals surface area contributed by atoms with Gasteiger partial charge in [-0.05, 0) is 18.6 Å². The first-order chi connectivity index (χ1) is 11.9. The van der Waals surface area contributed by atoms with Crippen molar-refractivity contribution in [1.82, 2.24) is 0 Å². The van der Waals surface area contributed by atoms with Gasteiger partial charge in [-0.15, -0.1) is 0 Å². The maximum atomic E-state index is 14.0. The molecule has 3 nitrogen and oxygen atoms in total. The van der Waals surface area contributed by atoms with Crippen LogP contribution in [0.1, 0.15) is 5.56 Å². The van der Waals surface area contributed by atoms with Gasteiger partial charge in [0.2, 0.25) is 0 Å². The number of hydrogen-bond donors (Lipinski definition) is 1. The van der Waals surface area contributed by atoms with E-state index in [9.17, 15) is 53.1 Å². The van der Waals surface area contributed by atoms with Gasteiger partial charge in [0.1, 0.15) is 0 Å². The Morgan fingerprint density at radius 1 is 0.852 bits per heavy atom. The molecule has 0 radical (unpaired) electrons. The maximum Gasteiger partial charge on any atom is 0.462 e. The molecule has 0 spiro atoms. The molecule has 0 aliphatic rings. The fourth-order valence-corrected chi connectivity index (χ4v) is 1.55. The van der Waals surface area contributed by atoms with Crippen molar-refractivity contribution in [2.75, 3.05) is 5.32 Å². The standard InChI is InChI=1S/C13H8F11NO2/c1-6-4-2-3-5-7(6)25-8(26)9(14,11(17,18)19)27-13(23,24)10(15,16)12(20,21)22/h2-5H,1H3,(H,25,26)/t9-/m0/s1. The molecule has 0 bridgehead atoms. The first kappa shape index (κ1) is 22.9. The third kappa shape index (κ3) is 4.25. The summed E-state index contributed by atoms with van der Waals surface area (Å²) in [5.41, 5.74) is -0.578. The fraction of sp³-hybridized carbons (Fsp3) is 0.462. The van der Waals surface area contributed by atoms with Gasteiger partial charge in [-0.3, -0.25) is 9.53 Å². The highest BCUT2D eigenvalue weighted by molar-refractivity contribution is 5.97. The largest absolute Gasteiger partial charge is 0.462 e. The van der Waals surface area contributed by atoms with Gasteiger partial charge in [-0.25, -0.2) is 0 Å². The Hall–Kier alpha value is -2.12. The molecule has 0 saturated heterocycles. The van der Waals surface area contributed by atoms with Crippen LogP contribution in [0.5, 0.6) is 0 Å². The summed E-state index contributed by atoms with van der Waals surface area (Å²) >= 11 is 0. The lowest BCUT2D eigenvalue weighted by atomic mass is 10.2. The summed E-state index contributed by atoms with van der Waals surface area (Å²) in [6, 6.07) is 4.48. The molecule has 1 aromatic carbocycles. The lowest BCUT2D eigenvalue weighted by molar-refractivity contribution is -0.472. The van der Waals surface area contributed by atoms with Gasteiger partial charge in [-0.2, -0.15) is 48.3 Å². The van der Waals surface area contributed by atoms with E-state index in [1.165, 1.54) is 19.1 Å². The summed E-state index contributed by atoms with van der Waals surface area (Å²) < 4.78 is 142. The molecule has 0 unspecified atom stereocenters. The minimum atomic E-state index is -7.23. The molecule has 0 saturated carbocycles. The lowest BCUT2D eigenvalue weighted by Gasteiger charge is -2.34. The second-order valence-corrected chi connectivity index (χ2v) is 5.05. The van der Waals surface area contributed by atoms with Gasteiger partial charge in [0.05, 0.1) is 0 Å². The summed E-state index contributed by atoms with van der Waals surface area (Å²) in [5.74, 6) is -16.5. The van der Waals surface area contributed by atoms with Crippen LogP contribution in [0.2, 0.25) is 0 Å². The summed E-state index contributed by atoms with van der Waals surface area (Å²) in [5, 5.41) is 1.15. The smallest absolute Gasteiger partial charge is 0.321 e. The van der Waals surface area contributed by atoms with Crippen molar-refractivity contribution in [3.63, 3.8) is 0 Å². The minimum absolute atomic E-state index is 0.0113. The number of anilines is 1. The average molecular weight is 419 g/mol. The quantitative estimate of drug-likeness (QED) is 0.685. The lowest BCUT2D eigenvalue weighted by Crippen LogP contribution is -2.62. The Bertz CT molecular complexity index is 698. The molecule has 14 heteroatoms. The number of halogens is 11. The van der Waals surface area contributed by atoms with Gasteiger partial charge >= 0.3 is 30.2 Å². The van der Waals surface area contributed by atoms with Crippen molar-refractivity contribution in [2.45, 2.75) is 37.2 Å². The van der Waals surface area contributed by atoms with Crippen LogP contribution in [0.3, 0.4) is 0 Å². The maximum absolute atomic E-state index is 14.0. The van der Waals surface area contributed by atoms with Crippen LogP contribution in [0.25, 0.3) is 0 Å². The van der Waals surface area contributed by atoms with Crippen molar-refractivity contribution in [3.8, 4) is 0 Å². The van der Waals surface area contributed by atoms with Gasteiger partial charge in [-0.1, -0.05) is 18.2 Å². The molecule has 0 fully saturated rings. The number of rotatable bonds is 5. The second-order valence-electron chi connectivity index (χ2n) is 5.05. The molecule has 1 aromatic rings. The molecule has 0 aliphatic carbocycles. The summed E-state index contributed by atoms with van der Waals surface area (Å²) in [6.45, 7) is 1.18. The van der Waals surface area contributed by atoms with E-state index in [1.807, 2.05) is 0 Å². The second kappa shape index (κ2) is 6.80. The predicted molar refractivity (Wildman–Crippen MR) is 66.7 cm³/mol. The van der Waals surface area contributed by atoms with Gasteiger partial charge in [0, 0.05) is 5.69 Å². The Labute approximate surface area is 143 Å². The number of aryl methyl sites for hydroxylation is 1. The molecular formula is C13H8F11NO2. The summed E-state index contributed by atoms with van der Waals surface area (Å²) in [4.78, 5) is 11.5. The van der Waals surface area contributed by atoms with E-state index in [4.69, 9.17) is 0 Å². The van der Waals surface area contributed by atoms with E-state index in [2.05, 4.69) is 4.74 Å². The van der Waals surface area contributed by atoms with Crippen molar-refractivity contribution in [1.29, 1.82) is 0 Å². The van der Waals surface area contributed by atoms with Crippen LogP contribution in [-0.2, 0) is 9.53 Å². The van der Waals surface area contributed by atoms with E-state index in [0.29, 0.717) is 0 Å². The molecule has 1 atom stereocenters. The highest BCUT2D eigenvalue weighted by Crippen LogP contribution is 2.51. The van der Waals surface area contributed by atoms with Crippen LogP contribution in [0.4, 0.5) is 54.0 Å². The van der Waals surface area contributed by atoms with E-state index < -0.39 is 41.8 Å². The third-order valence-electron chi connectivity index (χ3n) is 3.04. The summed E-state index contributed by atoms with van der Waals surface area (Å²) in [6.07, 6.45) is -20.9. The van der Waals surface area contributed by atoms with Gasteiger partial charge in [0.25, 0.3) is 5.91 Å². The zero-order valence-corrected chi connectivity index (χ0v) is 12.8. The van der Waals surface area contributed by atoms with Crippen LogP contribution in [0, 0.1) is 6.92 Å². The normalized spacial score (nSPS) is 16.0. The number of hydrogen-bond acceptors (Lipinski definition) is 2. The first-order valence-corrected chi connectivity index (χ1v) is 6.52. The molecule has 1 N–H and O–H groups in total. The van der Waals surface area contributed by atoms with E-state index in [1.54, 1.807) is 0 Å². The zero-order chi connectivity index (χ0) is 21.5. The van der Waals surface area contributed by atoms with Crippen molar-refractivity contribution in [3.05, 3.63) is 29.8 Å². The number of carbonyl (C=O) groups is 1. The van der Waals surface area contributed by atoms with Crippen LogP contribution in [-0.4, -0.2) is 36.1 Å². The van der Waals surface area contributed by atoms with Crippen molar-refractivity contribution >= 4 is 11.6 Å². The first-order valence-electron chi connectivity index (χ1n) is 6.52. The van der Waals surface area contributed by atoms with Crippen LogP contribution in [0.15, 0.2) is 24.3 Å². The topological polar surface area (TPSA) is 38.3 Å². The Morgan fingerprint density at radius 3 is 1.74 bits per heavy atom. The van der Waals surface area contributed by atoms with Crippen molar-refractivity contribution < 1.29 is 57.8 Å². The van der Waals surface area contributed by atoms with E-state index in [0.717, 1.165) is 17.4 Å². The molecule has 0 heterocycles. The van der Waals surface area contributed by atoms with Gasteiger partial charge < -0.3 is 5.32 Å². The van der Waals surface area contributed by atoms with E-state index >= 15 is 0 Å². The predicted octanol–water partition coefficient (Wildman–Crippen LogP) is 4.97. The molecule has 1 amide bonds. The minimum Gasteiger partial charge on any atom is -0.321 e. The molecule has 0 aliphatic heterocycles. The fourth-order valence-electron chi connectivity index (χ4n) is 1.55. The van der Waals surface area contributed by atoms with Crippen molar-refractivity contribution in [2.24, 2.45) is 0 Å². The zero-order valence-electron chi connectivity index (χ0n) is 12.8. The van der Waals surface area contributed by atoms with Crippen LogP contribution < -0.4 is 5.32 Å². The molecule has 27 heavy (non-hydrogen) atoms. The average Bonchev–Trinajstić information content (AvgIpc) is 2.46. The summed E-state index contributed by atoms with van der Waals surface area (Å²) in [7, 11) is 0. The van der Waals surface area contributed by atoms with E-state index in [-0.39, 0.29) is 5.56 Å². The van der Waals surface area contributed by atoms with Crippen LogP contribution >= 0.6 is 0 Å². The Kier molecular flexibility index (Phi) is 5.77. The monoisotopic (exact) mass is 419 g/mol. The molecule has 1 rings (SSSR count). The number of alkyl halides is 11. The molecule has 0 aromatic heterocycles. The molecular weight excluding hydrogens is 411 g/mol.